The third kappa shape index (κ3) is 4.46. The molecule has 0 aromatic heterocycles. The van der Waals surface area contributed by atoms with Crippen LogP contribution in [0.5, 0.6) is 0 Å². The zero-order valence-electron chi connectivity index (χ0n) is 12.9. The van der Waals surface area contributed by atoms with Crippen LogP contribution in [0.1, 0.15) is 53.4 Å². The van der Waals surface area contributed by atoms with Crippen molar-refractivity contribution < 1.29 is 9.53 Å². The molecule has 19 heavy (non-hydrogen) atoms. The fraction of sp³-hybridized carbons (Fsp3) is 0.933. The number of carbonyl (C=O) groups excluding carboxylic acids is 1. The Bertz CT molecular complexity index is 292. The maximum Gasteiger partial charge on any atom is 0.220 e. The molecule has 112 valence electrons. The van der Waals surface area contributed by atoms with E-state index in [2.05, 4.69) is 26.1 Å². The summed E-state index contributed by atoms with van der Waals surface area (Å²) in [5.41, 5.74) is 5.56. The Balaban J connectivity index is 2.27. The molecule has 0 aromatic carbocycles. The lowest BCUT2D eigenvalue weighted by Crippen LogP contribution is -2.62. The summed E-state index contributed by atoms with van der Waals surface area (Å²) in [6, 6.07) is 0.251. The maximum absolute atomic E-state index is 11.9. The molecule has 1 aliphatic rings. The van der Waals surface area contributed by atoms with Crippen molar-refractivity contribution in [2.24, 2.45) is 17.1 Å². The zero-order valence-corrected chi connectivity index (χ0v) is 12.9. The highest BCUT2D eigenvalue weighted by Crippen LogP contribution is 2.42. The second kappa shape index (κ2) is 7.25. The van der Waals surface area contributed by atoms with Gasteiger partial charge in [0.25, 0.3) is 0 Å². The number of nitrogens with two attached hydrogens (primary N) is 1. The molecule has 0 aliphatic heterocycles. The van der Waals surface area contributed by atoms with Crippen LogP contribution in [0.25, 0.3) is 0 Å². The van der Waals surface area contributed by atoms with Gasteiger partial charge in [-0.25, -0.2) is 0 Å². The van der Waals surface area contributed by atoms with Gasteiger partial charge in [0, 0.05) is 24.5 Å². The van der Waals surface area contributed by atoms with Crippen molar-refractivity contribution in [1.82, 2.24) is 5.32 Å². The molecule has 0 heterocycles. The Morgan fingerprint density at radius 3 is 2.68 bits per heavy atom. The van der Waals surface area contributed by atoms with E-state index in [4.69, 9.17) is 10.5 Å². The third-order valence-electron chi connectivity index (χ3n) is 4.40. The Hall–Kier alpha value is -0.610. The molecule has 1 amide bonds. The normalized spacial score (nSPS) is 26.6. The third-order valence-corrected chi connectivity index (χ3v) is 4.40. The van der Waals surface area contributed by atoms with Crippen LogP contribution in [0.3, 0.4) is 0 Å². The average Bonchev–Trinajstić information content (AvgIpc) is 2.35. The smallest absolute Gasteiger partial charge is 0.220 e. The van der Waals surface area contributed by atoms with E-state index in [-0.39, 0.29) is 23.5 Å². The molecule has 0 saturated heterocycles. The summed E-state index contributed by atoms with van der Waals surface area (Å²) in [5, 5.41) is 3.14. The van der Waals surface area contributed by atoms with Crippen molar-refractivity contribution in [1.29, 1.82) is 0 Å². The summed E-state index contributed by atoms with van der Waals surface area (Å²) in [6.07, 6.45) is 3.73. The summed E-state index contributed by atoms with van der Waals surface area (Å²) in [6.45, 7) is 9.94. The molecule has 0 radical (unpaired) electrons. The van der Waals surface area contributed by atoms with E-state index in [9.17, 15) is 4.79 Å². The van der Waals surface area contributed by atoms with Gasteiger partial charge >= 0.3 is 0 Å². The molecular weight excluding hydrogens is 240 g/mol. The highest BCUT2D eigenvalue weighted by molar-refractivity contribution is 5.76. The second-order valence-electron chi connectivity index (χ2n) is 6.34. The van der Waals surface area contributed by atoms with Gasteiger partial charge in [0.1, 0.15) is 0 Å². The van der Waals surface area contributed by atoms with Crippen molar-refractivity contribution in [3.05, 3.63) is 0 Å². The fourth-order valence-corrected chi connectivity index (χ4v) is 2.69. The summed E-state index contributed by atoms with van der Waals surface area (Å²) in [5.74, 6) is 0.693. The van der Waals surface area contributed by atoms with Crippen molar-refractivity contribution in [2.45, 2.75) is 65.5 Å². The van der Waals surface area contributed by atoms with Gasteiger partial charge in [-0.05, 0) is 38.6 Å². The van der Waals surface area contributed by atoms with Crippen LogP contribution in [0.2, 0.25) is 0 Å². The molecule has 1 fully saturated rings. The van der Waals surface area contributed by atoms with Gasteiger partial charge in [0.2, 0.25) is 5.91 Å². The van der Waals surface area contributed by atoms with Crippen LogP contribution < -0.4 is 11.1 Å². The monoisotopic (exact) mass is 270 g/mol. The maximum atomic E-state index is 11.9. The van der Waals surface area contributed by atoms with Crippen molar-refractivity contribution in [3.8, 4) is 0 Å². The number of amides is 1. The largest absolute Gasteiger partial charge is 0.378 e. The summed E-state index contributed by atoms with van der Waals surface area (Å²) >= 11 is 0. The molecule has 3 atom stereocenters. The standard InChI is InChI=1S/C15H30N2O2/c1-5-19-13-10-12(15(13,3)4)17-14(18)7-6-11(2)8-9-16/h11-13H,5-10,16H2,1-4H3,(H,17,18). The predicted octanol–water partition coefficient (Wildman–Crippen LogP) is 2.07. The van der Waals surface area contributed by atoms with E-state index in [1.165, 1.54) is 0 Å². The van der Waals surface area contributed by atoms with E-state index in [1.807, 2.05) is 6.92 Å². The van der Waals surface area contributed by atoms with Crippen molar-refractivity contribution >= 4 is 5.91 Å². The first-order valence-electron chi connectivity index (χ1n) is 7.52. The van der Waals surface area contributed by atoms with Gasteiger partial charge in [-0.2, -0.15) is 0 Å². The van der Waals surface area contributed by atoms with E-state index in [1.54, 1.807) is 0 Å². The molecule has 0 bridgehead atoms. The van der Waals surface area contributed by atoms with Gasteiger partial charge in [-0.3, -0.25) is 4.79 Å². The first kappa shape index (κ1) is 16.4. The molecule has 3 unspecified atom stereocenters. The molecule has 0 spiro atoms. The first-order chi connectivity index (χ1) is 8.91. The van der Waals surface area contributed by atoms with E-state index in [0.29, 0.717) is 18.9 Å². The van der Waals surface area contributed by atoms with Crippen molar-refractivity contribution in [3.63, 3.8) is 0 Å². The predicted molar refractivity (Wildman–Crippen MR) is 77.8 cm³/mol. The molecule has 3 N–H and O–H groups in total. The van der Waals surface area contributed by atoms with Gasteiger partial charge < -0.3 is 15.8 Å². The SMILES string of the molecule is CCOC1CC(NC(=O)CCC(C)CCN)C1(C)C. The second-order valence-corrected chi connectivity index (χ2v) is 6.34. The minimum absolute atomic E-state index is 0.0501. The number of ether oxygens (including phenoxy) is 1. The number of rotatable bonds is 8. The average molecular weight is 270 g/mol. The Kier molecular flexibility index (Phi) is 6.27. The molecular formula is C15H30N2O2. The van der Waals surface area contributed by atoms with Gasteiger partial charge in [-0.1, -0.05) is 20.8 Å². The minimum atomic E-state index is 0.0501. The van der Waals surface area contributed by atoms with Crippen LogP contribution in [0, 0.1) is 11.3 Å². The van der Waals surface area contributed by atoms with Crippen LogP contribution >= 0.6 is 0 Å². The summed E-state index contributed by atoms with van der Waals surface area (Å²) < 4.78 is 5.67. The minimum Gasteiger partial charge on any atom is -0.378 e. The lowest BCUT2D eigenvalue weighted by molar-refractivity contribution is -0.136. The first-order valence-corrected chi connectivity index (χ1v) is 7.52. The zero-order chi connectivity index (χ0) is 14.5. The molecule has 1 saturated carbocycles. The van der Waals surface area contributed by atoms with Crippen LogP contribution in [-0.2, 0) is 9.53 Å². The number of hydrogen-bond donors (Lipinski definition) is 2. The summed E-state index contributed by atoms with van der Waals surface area (Å²) in [4.78, 5) is 11.9. The Labute approximate surface area is 117 Å². The molecule has 4 nitrogen and oxygen atoms in total. The van der Waals surface area contributed by atoms with Crippen LogP contribution in [0.4, 0.5) is 0 Å². The van der Waals surface area contributed by atoms with Gasteiger partial charge in [0.05, 0.1) is 6.10 Å². The summed E-state index contributed by atoms with van der Waals surface area (Å²) in [7, 11) is 0. The lowest BCUT2D eigenvalue weighted by Gasteiger charge is -2.51. The molecule has 1 aliphatic carbocycles. The Morgan fingerprint density at radius 1 is 1.47 bits per heavy atom. The highest BCUT2D eigenvalue weighted by atomic mass is 16.5. The topological polar surface area (TPSA) is 64.3 Å². The quantitative estimate of drug-likeness (QED) is 0.709. The van der Waals surface area contributed by atoms with Crippen LogP contribution in [0.15, 0.2) is 0 Å². The van der Waals surface area contributed by atoms with E-state index >= 15 is 0 Å². The Morgan fingerprint density at radius 2 is 2.16 bits per heavy atom. The number of nitrogens with one attached hydrogen (secondary N) is 1. The molecule has 1 rings (SSSR count). The van der Waals surface area contributed by atoms with E-state index < -0.39 is 0 Å². The van der Waals surface area contributed by atoms with Gasteiger partial charge in [0.15, 0.2) is 0 Å². The number of hydrogen-bond acceptors (Lipinski definition) is 3. The molecule has 4 heteroatoms. The number of carbonyl (C=O) groups is 1. The van der Waals surface area contributed by atoms with E-state index in [0.717, 1.165) is 25.9 Å². The van der Waals surface area contributed by atoms with Crippen LogP contribution in [-0.4, -0.2) is 31.2 Å². The van der Waals surface area contributed by atoms with Gasteiger partial charge in [-0.15, -0.1) is 0 Å². The van der Waals surface area contributed by atoms with Crippen molar-refractivity contribution in [2.75, 3.05) is 13.2 Å². The highest BCUT2D eigenvalue weighted by Gasteiger charge is 2.49. The molecule has 0 aromatic rings. The lowest BCUT2D eigenvalue weighted by atomic mass is 9.64. The fourth-order valence-electron chi connectivity index (χ4n) is 2.69.